The summed E-state index contributed by atoms with van der Waals surface area (Å²) in [6.45, 7) is 2.73. The topological polar surface area (TPSA) is 55.8 Å². The van der Waals surface area contributed by atoms with Crippen LogP contribution in [0.3, 0.4) is 0 Å². The summed E-state index contributed by atoms with van der Waals surface area (Å²) in [5.41, 5.74) is 0.775. The molecule has 1 N–H and O–H groups in total. The molecule has 0 spiro atoms. The Morgan fingerprint density at radius 2 is 1.50 bits per heavy atom. The van der Waals surface area contributed by atoms with E-state index in [2.05, 4.69) is 6.92 Å². The minimum atomic E-state index is -0.338. The van der Waals surface area contributed by atoms with Crippen molar-refractivity contribution in [1.29, 1.82) is 0 Å². The molecule has 0 bridgehead atoms. The van der Waals surface area contributed by atoms with Gasteiger partial charge in [0.1, 0.15) is 0 Å². The third kappa shape index (κ3) is 11.7. The summed E-state index contributed by atoms with van der Waals surface area (Å²) in [7, 11) is 1.49. The van der Waals surface area contributed by atoms with Crippen molar-refractivity contribution in [2.45, 2.75) is 84.0 Å². The number of ether oxygens (including phenoxy) is 2. The quantitative estimate of drug-likeness (QED) is 0.195. The monoisotopic (exact) mass is 390 g/mol. The smallest absolute Gasteiger partial charge is 0.330 e. The first-order chi connectivity index (χ1) is 13.7. The molecule has 0 heterocycles. The second-order valence-electron chi connectivity index (χ2n) is 7.32. The molecule has 0 saturated heterocycles. The van der Waals surface area contributed by atoms with Crippen LogP contribution in [-0.4, -0.2) is 24.8 Å². The van der Waals surface area contributed by atoms with E-state index in [1.165, 1.54) is 83.5 Å². The predicted molar refractivity (Wildman–Crippen MR) is 116 cm³/mol. The summed E-state index contributed by atoms with van der Waals surface area (Å²) in [5.74, 6) is 0.122. The van der Waals surface area contributed by atoms with Crippen molar-refractivity contribution in [3.8, 4) is 11.5 Å². The fourth-order valence-corrected chi connectivity index (χ4v) is 3.13. The largest absolute Gasteiger partial charge is 0.504 e. The number of hydrogen-bond acceptors (Lipinski definition) is 4. The van der Waals surface area contributed by atoms with Crippen LogP contribution in [0, 0.1) is 0 Å². The Kier molecular flexibility index (Phi) is 13.8. The van der Waals surface area contributed by atoms with Crippen molar-refractivity contribution in [2.24, 2.45) is 0 Å². The van der Waals surface area contributed by atoms with Gasteiger partial charge in [0, 0.05) is 6.08 Å². The van der Waals surface area contributed by atoms with Crippen LogP contribution in [0.5, 0.6) is 11.5 Å². The fourth-order valence-electron chi connectivity index (χ4n) is 3.13. The van der Waals surface area contributed by atoms with E-state index in [-0.39, 0.29) is 11.7 Å². The maximum Gasteiger partial charge on any atom is 0.330 e. The minimum absolute atomic E-state index is 0.0780. The van der Waals surface area contributed by atoms with Crippen LogP contribution in [0.4, 0.5) is 0 Å². The van der Waals surface area contributed by atoms with Crippen molar-refractivity contribution in [2.75, 3.05) is 13.7 Å². The first-order valence-corrected chi connectivity index (χ1v) is 10.9. The highest BCUT2D eigenvalue weighted by Crippen LogP contribution is 2.26. The van der Waals surface area contributed by atoms with Crippen LogP contribution in [0.15, 0.2) is 24.3 Å². The number of unbranched alkanes of at least 4 members (excludes halogenated alkanes) is 11. The molecule has 28 heavy (non-hydrogen) atoms. The Morgan fingerprint density at radius 3 is 2.07 bits per heavy atom. The Balaban J connectivity index is 1.99. The number of aromatic hydroxyl groups is 1. The number of carbonyl (C=O) groups is 1. The van der Waals surface area contributed by atoms with Crippen LogP contribution in [0.2, 0.25) is 0 Å². The highest BCUT2D eigenvalue weighted by molar-refractivity contribution is 5.87. The number of phenols is 1. The molecule has 0 aliphatic carbocycles. The second kappa shape index (κ2) is 16.0. The lowest BCUT2D eigenvalue weighted by Gasteiger charge is -2.04. The van der Waals surface area contributed by atoms with Gasteiger partial charge < -0.3 is 14.6 Å². The highest BCUT2D eigenvalue weighted by atomic mass is 16.5. The standard InChI is InChI=1S/C24H38O4/c1-3-4-5-6-7-8-9-10-11-12-13-14-19-28-24(26)18-16-21-15-17-22(25)23(20-21)27-2/h15-18,20,25H,3-14,19H2,1-2H3/b18-16+. The van der Waals surface area contributed by atoms with Gasteiger partial charge in [0.2, 0.25) is 0 Å². The van der Waals surface area contributed by atoms with Gasteiger partial charge in [0.25, 0.3) is 0 Å². The molecule has 0 saturated carbocycles. The van der Waals surface area contributed by atoms with Crippen LogP contribution >= 0.6 is 0 Å². The molecule has 0 amide bonds. The summed E-state index contributed by atoms with van der Waals surface area (Å²) in [6.07, 6.45) is 18.5. The van der Waals surface area contributed by atoms with E-state index in [4.69, 9.17) is 9.47 Å². The molecule has 4 heteroatoms. The summed E-state index contributed by atoms with van der Waals surface area (Å²) in [5, 5.41) is 9.56. The average molecular weight is 391 g/mol. The van der Waals surface area contributed by atoms with Gasteiger partial charge in [0.05, 0.1) is 13.7 Å². The highest BCUT2D eigenvalue weighted by Gasteiger charge is 2.02. The summed E-state index contributed by atoms with van der Waals surface area (Å²) < 4.78 is 10.3. The number of methoxy groups -OCH3 is 1. The molecule has 0 aromatic heterocycles. The lowest BCUT2D eigenvalue weighted by Crippen LogP contribution is -2.02. The number of esters is 1. The van der Waals surface area contributed by atoms with Crippen molar-refractivity contribution < 1.29 is 19.4 Å². The Labute approximate surface area is 170 Å². The third-order valence-electron chi connectivity index (χ3n) is 4.86. The van der Waals surface area contributed by atoms with Crippen molar-refractivity contribution in [1.82, 2.24) is 0 Å². The fraction of sp³-hybridized carbons (Fsp3) is 0.625. The van der Waals surface area contributed by atoms with E-state index in [0.717, 1.165) is 18.4 Å². The van der Waals surface area contributed by atoms with E-state index < -0.39 is 0 Å². The maximum atomic E-state index is 11.7. The molecular weight excluding hydrogens is 352 g/mol. The first kappa shape index (κ1) is 24.1. The summed E-state index contributed by atoms with van der Waals surface area (Å²) >= 11 is 0. The Morgan fingerprint density at radius 1 is 0.929 bits per heavy atom. The van der Waals surface area contributed by atoms with Crippen LogP contribution in [0.1, 0.15) is 89.5 Å². The summed E-state index contributed by atoms with van der Waals surface area (Å²) in [6, 6.07) is 4.92. The molecule has 1 rings (SSSR count). The Hall–Kier alpha value is -1.97. The number of rotatable bonds is 16. The van der Waals surface area contributed by atoms with Gasteiger partial charge in [-0.1, -0.05) is 83.6 Å². The second-order valence-corrected chi connectivity index (χ2v) is 7.32. The maximum absolute atomic E-state index is 11.7. The number of carbonyl (C=O) groups excluding carboxylic acids is 1. The van der Waals surface area contributed by atoms with E-state index in [9.17, 15) is 9.90 Å². The zero-order valence-electron chi connectivity index (χ0n) is 17.8. The number of benzene rings is 1. The zero-order valence-corrected chi connectivity index (χ0v) is 17.8. The van der Waals surface area contributed by atoms with Crippen LogP contribution < -0.4 is 4.74 Å². The van der Waals surface area contributed by atoms with Gasteiger partial charge in [-0.25, -0.2) is 4.79 Å². The average Bonchev–Trinajstić information content (AvgIpc) is 2.70. The van der Waals surface area contributed by atoms with E-state index in [0.29, 0.717) is 12.4 Å². The van der Waals surface area contributed by atoms with E-state index in [1.807, 2.05) is 0 Å². The van der Waals surface area contributed by atoms with Gasteiger partial charge in [-0.2, -0.15) is 0 Å². The SMILES string of the molecule is CCCCCCCCCCCCCCOC(=O)/C=C/c1ccc(O)c(OC)c1. The molecule has 158 valence electrons. The predicted octanol–water partition coefficient (Wildman–Crippen LogP) is 6.66. The molecule has 0 radical (unpaired) electrons. The Bertz CT molecular complexity index is 566. The zero-order chi connectivity index (χ0) is 20.5. The molecule has 0 aliphatic rings. The van der Waals surface area contributed by atoms with Gasteiger partial charge >= 0.3 is 5.97 Å². The number of hydrogen-bond donors (Lipinski definition) is 1. The molecular formula is C24H38O4. The van der Waals surface area contributed by atoms with E-state index in [1.54, 1.807) is 18.2 Å². The summed E-state index contributed by atoms with van der Waals surface area (Å²) in [4.78, 5) is 11.7. The molecule has 1 aromatic carbocycles. The lowest BCUT2D eigenvalue weighted by atomic mass is 10.1. The number of phenolic OH excluding ortho intramolecular Hbond substituents is 1. The van der Waals surface area contributed by atoms with Gasteiger partial charge in [-0.05, 0) is 30.2 Å². The van der Waals surface area contributed by atoms with Gasteiger partial charge in [0.15, 0.2) is 11.5 Å². The van der Waals surface area contributed by atoms with Gasteiger partial charge in [-0.15, -0.1) is 0 Å². The molecule has 0 unspecified atom stereocenters. The molecule has 0 atom stereocenters. The third-order valence-corrected chi connectivity index (χ3v) is 4.86. The van der Waals surface area contributed by atoms with E-state index >= 15 is 0 Å². The van der Waals surface area contributed by atoms with Crippen LogP contribution in [-0.2, 0) is 9.53 Å². The molecule has 1 aromatic rings. The lowest BCUT2D eigenvalue weighted by molar-refractivity contribution is -0.137. The van der Waals surface area contributed by atoms with Gasteiger partial charge in [-0.3, -0.25) is 0 Å². The van der Waals surface area contributed by atoms with Crippen molar-refractivity contribution in [3.63, 3.8) is 0 Å². The van der Waals surface area contributed by atoms with Crippen molar-refractivity contribution >= 4 is 12.0 Å². The molecule has 0 fully saturated rings. The van der Waals surface area contributed by atoms with Crippen molar-refractivity contribution in [3.05, 3.63) is 29.8 Å². The van der Waals surface area contributed by atoms with Crippen LogP contribution in [0.25, 0.3) is 6.08 Å². The normalized spacial score (nSPS) is 11.1. The molecule has 4 nitrogen and oxygen atoms in total. The first-order valence-electron chi connectivity index (χ1n) is 10.9. The minimum Gasteiger partial charge on any atom is -0.504 e. The molecule has 0 aliphatic heterocycles.